The molecule has 1 N–H and O–H groups in total. The van der Waals surface area contributed by atoms with Crippen LogP contribution in [0.25, 0.3) is 0 Å². The third kappa shape index (κ3) is 4.56. The maximum atomic E-state index is 11.5. The molecule has 110 valence electrons. The monoisotopic (exact) mass is 430 g/mol. The van der Waals surface area contributed by atoms with Gasteiger partial charge in [-0.1, -0.05) is 67.7 Å². The highest BCUT2D eigenvalue weighted by molar-refractivity contribution is 9.10. The first-order valence-corrected chi connectivity index (χ1v) is 8.34. The summed E-state index contributed by atoms with van der Waals surface area (Å²) in [7, 11) is 0. The van der Waals surface area contributed by atoms with Gasteiger partial charge in [0.25, 0.3) is 0 Å². The molecule has 2 aromatic carbocycles. The Morgan fingerprint density at radius 3 is 2.38 bits per heavy atom. The normalized spacial score (nSPS) is 12.1. The zero-order valence-corrected chi connectivity index (χ0v) is 15.0. The van der Waals surface area contributed by atoms with Gasteiger partial charge < -0.3 is 5.11 Å². The number of carboxylic acid groups (broad SMARTS) is 1. The van der Waals surface area contributed by atoms with Crippen molar-refractivity contribution < 1.29 is 9.90 Å². The Balaban J connectivity index is 2.20. The van der Waals surface area contributed by atoms with E-state index in [9.17, 15) is 9.90 Å². The van der Waals surface area contributed by atoms with E-state index in [1.165, 1.54) is 0 Å². The first kappa shape index (κ1) is 16.5. The summed E-state index contributed by atoms with van der Waals surface area (Å²) in [5.41, 5.74) is 1.83. The summed E-state index contributed by atoms with van der Waals surface area (Å²) in [6.45, 7) is 0. The van der Waals surface area contributed by atoms with Crippen molar-refractivity contribution in [1.29, 1.82) is 0 Å². The number of carbonyl (C=O) groups is 1. The number of hydrogen-bond acceptors (Lipinski definition) is 1. The highest BCUT2D eigenvalue weighted by Gasteiger charge is 2.20. The first-order valence-electron chi connectivity index (χ1n) is 6.37. The smallest absolute Gasteiger partial charge is 0.307 e. The van der Waals surface area contributed by atoms with Gasteiger partial charge in [-0.25, -0.2) is 0 Å². The van der Waals surface area contributed by atoms with Crippen LogP contribution in [0.5, 0.6) is 0 Å². The SMILES string of the molecule is O=C(O)C(Cc1ccc(Br)cc1Cl)Cc1ccccc1Br. The van der Waals surface area contributed by atoms with Crippen molar-refractivity contribution in [3.05, 3.63) is 67.6 Å². The van der Waals surface area contributed by atoms with Crippen LogP contribution in [0.15, 0.2) is 51.4 Å². The fourth-order valence-electron chi connectivity index (χ4n) is 2.13. The molecule has 0 saturated carbocycles. The van der Waals surface area contributed by atoms with Crippen LogP contribution in [0.4, 0.5) is 0 Å². The van der Waals surface area contributed by atoms with E-state index in [2.05, 4.69) is 31.9 Å². The minimum Gasteiger partial charge on any atom is -0.481 e. The van der Waals surface area contributed by atoms with Gasteiger partial charge in [0.2, 0.25) is 0 Å². The zero-order chi connectivity index (χ0) is 15.4. The predicted molar refractivity (Wildman–Crippen MR) is 91.8 cm³/mol. The van der Waals surface area contributed by atoms with Crippen molar-refractivity contribution in [1.82, 2.24) is 0 Å². The molecule has 21 heavy (non-hydrogen) atoms. The van der Waals surface area contributed by atoms with E-state index >= 15 is 0 Å². The Bertz CT molecular complexity index is 658. The average molecular weight is 433 g/mol. The maximum absolute atomic E-state index is 11.5. The molecule has 2 nitrogen and oxygen atoms in total. The summed E-state index contributed by atoms with van der Waals surface area (Å²) in [4.78, 5) is 11.5. The van der Waals surface area contributed by atoms with Gasteiger partial charge in [-0.15, -0.1) is 0 Å². The molecule has 0 heterocycles. The van der Waals surface area contributed by atoms with Gasteiger partial charge in [0.1, 0.15) is 0 Å². The van der Waals surface area contributed by atoms with E-state index in [0.29, 0.717) is 17.9 Å². The Kier molecular flexibility index (Phi) is 5.85. The van der Waals surface area contributed by atoms with Gasteiger partial charge in [-0.05, 0) is 42.2 Å². The highest BCUT2D eigenvalue weighted by Crippen LogP contribution is 2.26. The van der Waals surface area contributed by atoms with E-state index in [0.717, 1.165) is 20.1 Å². The third-order valence-corrected chi connectivity index (χ3v) is 4.87. The van der Waals surface area contributed by atoms with Crippen molar-refractivity contribution in [3.63, 3.8) is 0 Å². The molecule has 0 radical (unpaired) electrons. The van der Waals surface area contributed by atoms with E-state index in [1.807, 2.05) is 36.4 Å². The van der Waals surface area contributed by atoms with E-state index in [-0.39, 0.29) is 0 Å². The van der Waals surface area contributed by atoms with Gasteiger partial charge in [-0.3, -0.25) is 4.79 Å². The van der Waals surface area contributed by atoms with Crippen LogP contribution in [0.1, 0.15) is 11.1 Å². The predicted octanol–water partition coefficient (Wildman–Crippen LogP) is 5.35. The Hall–Kier alpha value is -0.840. The summed E-state index contributed by atoms with van der Waals surface area (Å²) < 4.78 is 1.81. The molecule has 0 saturated heterocycles. The van der Waals surface area contributed by atoms with E-state index in [4.69, 9.17) is 11.6 Å². The van der Waals surface area contributed by atoms with Crippen LogP contribution in [0.2, 0.25) is 5.02 Å². The van der Waals surface area contributed by atoms with Crippen molar-refractivity contribution >= 4 is 49.4 Å². The minimum atomic E-state index is -0.815. The third-order valence-electron chi connectivity index (χ3n) is 3.25. The molecule has 0 bridgehead atoms. The van der Waals surface area contributed by atoms with Gasteiger partial charge >= 0.3 is 5.97 Å². The summed E-state index contributed by atoms with van der Waals surface area (Å²) in [5, 5.41) is 10.1. The number of aliphatic carboxylic acids is 1. The highest BCUT2D eigenvalue weighted by atomic mass is 79.9. The lowest BCUT2D eigenvalue weighted by atomic mass is 9.92. The number of rotatable bonds is 5. The molecule has 0 spiro atoms. The molecule has 2 aromatic rings. The second-order valence-electron chi connectivity index (χ2n) is 4.77. The van der Waals surface area contributed by atoms with Crippen LogP contribution in [-0.2, 0) is 17.6 Å². The zero-order valence-electron chi connectivity index (χ0n) is 11.0. The lowest BCUT2D eigenvalue weighted by Crippen LogP contribution is -2.19. The van der Waals surface area contributed by atoms with Crippen molar-refractivity contribution in [2.75, 3.05) is 0 Å². The summed E-state index contributed by atoms with van der Waals surface area (Å²) in [5.74, 6) is -1.33. The first-order chi connectivity index (χ1) is 9.97. The summed E-state index contributed by atoms with van der Waals surface area (Å²) in [6, 6.07) is 13.2. The molecule has 2 rings (SSSR count). The van der Waals surface area contributed by atoms with Gasteiger partial charge in [0, 0.05) is 14.0 Å². The number of halogens is 3. The van der Waals surface area contributed by atoms with Crippen LogP contribution in [-0.4, -0.2) is 11.1 Å². The minimum absolute atomic E-state index is 0.406. The fourth-order valence-corrected chi connectivity index (χ4v) is 3.33. The van der Waals surface area contributed by atoms with Crippen LogP contribution in [0, 0.1) is 5.92 Å². The lowest BCUT2D eigenvalue weighted by molar-refractivity contribution is -0.141. The maximum Gasteiger partial charge on any atom is 0.307 e. The van der Waals surface area contributed by atoms with E-state index < -0.39 is 11.9 Å². The molecule has 0 aliphatic heterocycles. The molecule has 5 heteroatoms. The topological polar surface area (TPSA) is 37.3 Å². The van der Waals surface area contributed by atoms with Crippen LogP contribution in [0.3, 0.4) is 0 Å². The lowest BCUT2D eigenvalue weighted by Gasteiger charge is -2.14. The second kappa shape index (κ2) is 7.43. The Labute approximate surface area is 145 Å². The van der Waals surface area contributed by atoms with Gasteiger partial charge in [-0.2, -0.15) is 0 Å². The van der Waals surface area contributed by atoms with Crippen LogP contribution < -0.4 is 0 Å². The molecular weight excluding hydrogens is 419 g/mol. The molecule has 0 aliphatic carbocycles. The molecular formula is C16H13Br2ClO2. The number of carboxylic acids is 1. The molecule has 0 fully saturated rings. The number of benzene rings is 2. The molecule has 0 amide bonds. The largest absolute Gasteiger partial charge is 0.481 e. The number of hydrogen-bond donors (Lipinski definition) is 1. The summed E-state index contributed by atoms with van der Waals surface area (Å²) >= 11 is 13.0. The van der Waals surface area contributed by atoms with Gasteiger partial charge in [0.15, 0.2) is 0 Å². The quantitative estimate of drug-likeness (QED) is 0.692. The van der Waals surface area contributed by atoms with Crippen molar-refractivity contribution in [2.24, 2.45) is 5.92 Å². The van der Waals surface area contributed by atoms with Gasteiger partial charge in [0.05, 0.1) is 5.92 Å². The Morgan fingerprint density at radius 1 is 1.10 bits per heavy atom. The molecule has 1 atom stereocenters. The molecule has 1 unspecified atom stereocenters. The summed E-state index contributed by atoms with van der Waals surface area (Å²) in [6.07, 6.45) is 0.867. The Morgan fingerprint density at radius 2 is 1.76 bits per heavy atom. The van der Waals surface area contributed by atoms with E-state index in [1.54, 1.807) is 6.07 Å². The standard InChI is InChI=1S/C16H13Br2ClO2/c17-13-6-5-11(15(19)9-13)8-12(16(20)21)7-10-3-1-2-4-14(10)18/h1-6,9,12H,7-8H2,(H,20,21). The molecule has 0 aromatic heterocycles. The van der Waals surface area contributed by atoms with Crippen molar-refractivity contribution in [2.45, 2.75) is 12.8 Å². The van der Waals surface area contributed by atoms with Crippen molar-refractivity contribution in [3.8, 4) is 0 Å². The fraction of sp³-hybridized carbons (Fsp3) is 0.188. The van der Waals surface area contributed by atoms with Crippen LogP contribution >= 0.6 is 43.5 Å². The molecule has 0 aliphatic rings. The second-order valence-corrected chi connectivity index (χ2v) is 6.95. The average Bonchev–Trinajstić information content (AvgIpc) is 2.42.